The number of hydrogen-bond acceptors (Lipinski definition) is 3. The number of furan rings is 2. The van der Waals surface area contributed by atoms with Crippen LogP contribution >= 0.6 is 11.3 Å². The highest BCUT2D eigenvalue weighted by Crippen LogP contribution is 2.44. The van der Waals surface area contributed by atoms with Crippen LogP contribution in [0.15, 0.2) is 197 Å². The van der Waals surface area contributed by atoms with Crippen LogP contribution in [-0.4, -0.2) is 4.57 Å². The molecule has 0 radical (unpaired) electrons. The Balaban J connectivity index is 1.01. The molecule has 0 fully saturated rings. The van der Waals surface area contributed by atoms with E-state index in [0.29, 0.717) is 0 Å². The van der Waals surface area contributed by atoms with E-state index in [9.17, 15) is 0 Å². The lowest BCUT2D eigenvalue weighted by atomic mass is 9.97. The summed E-state index contributed by atoms with van der Waals surface area (Å²) >= 11 is 1.86. The van der Waals surface area contributed by atoms with Crippen molar-refractivity contribution in [3.8, 4) is 39.1 Å². The summed E-state index contributed by atoms with van der Waals surface area (Å²) in [5, 5.41) is 9.52. The Morgan fingerprint density at radius 1 is 0.328 bits per heavy atom. The van der Waals surface area contributed by atoms with Crippen LogP contribution in [0.5, 0.6) is 0 Å². The zero-order valence-electron chi connectivity index (χ0n) is 31.1. The largest absolute Gasteiger partial charge is 0.456 e. The van der Waals surface area contributed by atoms with E-state index in [0.717, 1.165) is 71.7 Å². The fourth-order valence-corrected chi connectivity index (χ4v) is 10.5. The molecule has 0 aliphatic carbocycles. The Labute approximate surface area is 336 Å². The average Bonchev–Trinajstić information content (AvgIpc) is 4.04. The van der Waals surface area contributed by atoms with Gasteiger partial charge >= 0.3 is 0 Å². The Kier molecular flexibility index (Phi) is 6.60. The van der Waals surface area contributed by atoms with E-state index >= 15 is 0 Å². The zero-order chi connectivity index (χ0) is 37.9. The number of para-hydroxylation sites is 3. The van der Waals surface area contributed by atoms with Gasteiger partial charge in [0.15, 0.2) is 0 Å². The van der Waals surface area contributed by atoms with Gasteiger partial charge in [0.2, 0.25) is 0 Å². The molecule has 0 unspecified atom stereocenters. The third-order valence-electron chi connectivity index (χ3n) is 12.0. The maximum atomic E-state index is 6.69. The number of benzene rings is 9. The molecule has 13 rings (SSSR count). The molecule has 0 aliphatic heterocycles. The van der Waals surface area contributed by atoms with E-state index in [1.807, 2.05) is 23.5 Å². The monoisotopic (exact) mass is 757 g/mol. The number of rotatable bonds is 4. The van der Waals surface area contributed by atoms with Gasteiger partial charge in [0.25, 0.3) is 0 Å². The molecule has 58 heavy (non-hydrogen) atoms. The average molecular weight is 758 g/mol. The second kappa shape index (κ2) is 12.1. The van der Waals surface area contributed by atoms with Crippen molar-refractivity contribution >= 4 is 97.2 Å². The van der Waals surface area contributed by atoms with Gasteiger partial charge in [0.05, 0.1) is 16.7 Å². The van der Waals surface area contributed by atoms with Crippen LogP contribution in [0.2, 0.25) is 0 Å². The quantitative estimate of drug-likeness (QED) is 0.179. The molecule has 270 valence electrons. The van der Waals surface area contributed by atoms with E-state index in [1.165, 1.54) is 53.2 Å². The standard InChI is InChI=1S/C54H31NO2S/c1-2-10-32(11-3-1)35-18-22-40-41-23-19-36(29-53(41)58-52(40)28-35)43-30-37(31-51-54(43)42-14-6-9-17-49(42)57-51)55-46-15-7-4-12-38(46)44-26-33(20-24-47(44)55)34-21-25-50-45(27-34)39-13-5-8-16-48(39)56-50/h1-31H. The van der Waals surface area contributed by atoms with Crippen LogP contribution < -0.4 is 0 Å². The van der Waals surface area contributed by atoms with Gasteiger partial charge in [-0.05, 0) is 94.0 Å². The maximum Gasteiger partial charge on any atom is 0.138 e. The van der Waals surface area contributed by atoms with Gasteiger partial charge in [-0.2, -0.15) is 0 Å². The first kappa shape index (κ1) is 31.8. The maximum absolute atomic E-state index is 6.69. The van der Waals surface area contributed by atoms with Crippen LogP contribution in [0.4, 0.5) is 0 Å². The number of nitrogens with zero attached hydrogens (tertiary/aromatic N) is 1. The summed E-state index contributed by atoms with van der Waals surface area (Å²) in [6, 6.07) is 67.9. The molecule has 0 N–H and O–H groups in total. The number of aromatic nitrogens is 1. The minimum absolute atomic E-state index is 0.876. The predicted molar refractivity (Wildman–Crippen MR) is 245 cm³/mol. The lowest BCUT2D eigenvalue weighted by molar-refractivity contribution is 0.668. The Morgan fingerprint density at radius 3 is 1.72 bits per heavy atom. The molecule has 0 bridgehead atoms. The van der Waals surface area contributed by atoms with Crippen LogP contribution in [0, 0.1) is 0 Å². The van der Waals surface area contributed by atoms with Gasteiger partial charge in [-0.25, -0.2) is 0 Å². The molecule has 0 atom stereocenters. The fraction of sp³-hybridized carbons (Fsp3) is 0. The lowest BCUT2D eigenvalue weighted by Crippen LogP contribution is -1.95. The van der Waals surface area contributed by atoms with Crippen LogP contribution in [0.3, 0.4) is 0 Å². The molecule has 4 aromatic heterocycles. The molecule has 0 saturated heterocycles. The summed E-state index contributed by atoms with van der Waals surface area (Å²) in [5.41, 5.74) is 14.1. The fourth-order valence-electron chi connectivity index (χ4n) is 9.29. The SMILES string of the molecule is c1ccc(-c2ccc3c(c2)sc2cc(-c4cc(-n5c6ccccc6c6cc(-c7ccc8oc9ccccc9c8c7)ccc65)cc5oc6ccccc6c45)ccc23)cc1. The topological polar surface area (TPSA) is 31.2 Å². The molecule has 9 aromatic carbocycles. The number of fused-ring (bicyclic) bond motifs is 12. The highest BCUT2D eigenvalue weighted by Gasteiger charge is 2.20. The van der Waals surface area contributed by atoms with Crippen molar-refractivity contribution < 1.29 is 8.83 Å². The molecule has 4 heteroatoms. The van der Waals surface area contributed by atoms with E-state index < -0.39 is 0 Å². The Bertz CT molecular complexity index is 3800. The summed E-state index contributed by atoms with van der Waals surface area (Å²) < 4.78 is 17.8. The minimum Gasteiger partial charge on any atom is -0.456 e. The Hall–Kier alpha value is -7.40. The van der Waals surface area contributed by atoms with Crippen molar-refractivity contribution in [2.24, 2.45) is 0 Å². The molecule has 4 heterocycles. The first-order valence-electron chi connectivity index (χ1n) is 19.6. The lowest BCUT2D eigenvalue weighted by Gasteiger charge is -2.12. The van der Waals surface area contributed by atoms with Gasteiger partial charge in [0.1, 0.15) is 22.3 Å². The number of hydrogen-bond donors (Lipinski definition) is 0. The molecule has 0 saturated carbocycles. The van der Waals surface area contributed by atoms with Crippen molar-refractivity contribution in [3.05, 3.63) is 188 Å². The van der Waals surface area contributed by atoms with Crippen molar-refractivity contribution in [1.29, 1.82) is 0 Å². The molecular formula is C54H31NO2S. The third-order valence-corrected chi connectivity index (χ3v) is 13.1. The van der Waals surface area contributed by atoms with Crippen LogP contribution in [-0.2, 0) is 0 Å². The smallest absolute Gasteiger partial charge is 0.138 e. The van der Waals surface area contributed by atoms with Crippen molar-refractivity contribution in [2.75, 3.05) is 0 Å². The van der Waals surface area contributed by atoms with Crippen LogP contribution in [0.25, 0.3) is 125 Å². The normalized spacial score (nSPS) is 12.1. The highest BCUT2D eigenvalue weighted by atomic mass is 32.1. The van der Waals surface area contributed by atoms with Gasteiger partial charge in [-0.3, -0.25) is 0 Å². The van der Waals surface area contributed by atoms with Gasteiger partial charge in [-0.1, -0.05) is 121 Å². The van der Waals surface area contributed by atoms with Crippen molar-refractivity contribution in [2.45, 2.75) is 0 Å². The summed E-state index contributed by atoms with van der Waals surface area (Å²) in [4.78, 5) is 0. The van der Waals surface area contributed by atoms with E-state index in [-0.39, 0.29) is 0 Å². The van der Waals surface area contributed by atoms with Gasteiger partial charge in [-0.15, -0.1) is 11.3 Å². The van der Waals surface area contributed by atoms with Crippen molar-refractivity contribution in [3.63, 3.8) is 0 Å². The van der Waals surface area contributed by atoms with Gasteiger partial charge < -0.3 is 13.4 Å². The van der Waals surface area contributed by atoms with Crippen LogP contribution in [0.1, 0.15) is 0 Å². The van der Waals surface area contributed by atoms with E-state index in [1.54, 1.807) is 0 Å². The van der Waals surface area contributed by atoms with E-state index in [2.05, 4.69) is 180 Å². The van der Waals surface area contributed by atoms with E-state index in [4.69, 9.17) is 8.83 Å². The second-order valence-electron chi connectivity index (χ2n) is 15.2. The second-order valence-corrected chi connectivity index (χ2v) is 16.3. The first-order chi connectivity index (χ1) is 28.7. The summed E-state index contributed by atoms with van der Waals surface area (Å²) in [6.45, 7) is 0. The molecule has 13 aromatic rings. The first-order valence-corrected chi connectivity index (χ1v) is 20.5. The predicted octanol–water partition coefficient (Wildman–Crippen LogP) is 16.0. The Morgan fingerprint density at radius 2 is 0.897 bits per heavy atom. The van der Waals surface area contributed by atoms with Gasteiger partial charge in [0, 0.05) is 58.6 Å². The summed E-state index contributed by atoms with van der Waals surface area (Å²) in [5.74, 6) is 0. The zero-order valence-corrected chi connectivity index (χ0v) is 31.9. The molecular weight excluding hydrogens is 727 g/mol. The minimum atomic E-state index is 0.876. The molecule has 0 aliphatic rings. The molecule has 0 amide bonds. The van der Waals surface area contributed by atoms with Crippen molar-refractivity contribution in [1.82, 2.24) is 4.57 Å². The summed E-state index contributed by atoms with van der Waals surface area (Å²) in [6.07, 6.45) is 0. The summed E-state index contributed by atoms with van der Waals surface area (Å²) in [7, 11) is 0. The highest BCUT2D eigenvalue weighted by molar-refractivity contribution is 7.25. The number of thiophene rings is 1. The molecule has 0 spiro atoms. The molecule has 3 nitrogen and oxygen atoms in total. The third kappa shape index (κ3) is 4.67.